The molecule has 4 nitrogen and oxygen atoms in total. The Labute approximate surface area is 119 Å². The van der Waals surface area contributed by atoms with Gasteiger partial charge in [0.25, 0.3) is 5.91 Å². The Balaban J connectivity index is 2.28. The second kappa shape index (κ2) is 5.84. The van der Waals surface area contributed by atoms with Gasteiger partial charge in [-0.05, 0) is 52.7 Å². The van der Waals surface area contributed by atoms with Gasteiger partial charge in [0.1, 0.15) is 5.56 Å². The molecule has 98 valence electrons. The summed E-state index contributed by atoms with van der Waals surface area (Å²) in [5.74, 6) is 0.0556. The van der Waals surface area contributed by atoms with E-state index in [-0.39, 0.29) is 5.91 Å². The first-order valence-electron chi connectivity index (χ1n) is 5.68. The van der Waals surface area contributed by atoms with Gasteiger partial charge in [0.05, 0.1) is 12.8 Å². The van der Waals surface area contributed by atoms with Crippen molar-refractivity contribution in [2.45, 2.75) is 6.92 Å². The summed E-state index contributed by atoms with van der Waals surface area (Å²) < 4.78 is 5.90. The molecule has 1 aromatic carbocycles. The number of benzene rings is 1. The van der Waals surface area contributed by atoms with Crippen LogP contribution in [0.25, 0.3) is 0 Å². The smallest absolute Gasteiger partial charge is 0.261 e. The average Bonchev–Trinajstić information content (AvgIpc) is 2.42. The third-order valence-electron chi connectivity index (χ3n) is 2.58. The topological polar surface area (TPSA) is 51.2 Å². The van der Waals surface area contributed by atoms with Crippen molar-refractivity contribution in [3.05, 3.63) is 52.1 Å². The van der Waals surface area contributed by atoms with Gasteiger partial charge in [0, 0.05) is 10.7 Å². The molecule has 0 unspecified atom stereocenters. The molecule has 1 amide bonds. The molecule has 1 N–H and O–H groups in total. The molecule has 2 rings (SSSR count). The van der Waals surface area contributed by atoms with Crippen LogP contribution in [0.15, 0.2) is 41.0 Å². The number of nitrogens with zero attached hydrogens (tertiary/aromatic N) is 1. The van der Waals surface area contributed by atoms with Crippen LogP contribution in [-0.4, -0.2) is 18.0 Å². The summed E-state index contributed by atoms with van der Waals surface area (Å²) in [5.41, 5.74) is 2.19. The molecule has 0 atom stereocenters. The van der Waals surface area contributed by atoms with E-state index in [1.54, 1.807) is 18.3 Å². The Morgan fingerprint density at radius 3 is 2.89 bits per heavy atom. The first-order chi connectivity index (χ1) is 9.11. The summed E-state index contributed by atoms with van der Waals surface area (Å²) in [4.78, 5) is 16.2. The van der Waals surface area contributed by atoms with Crippen LogP contribution in [0, 0.1) is 6.92 Å². The van der Waals surface area contributed by atoms with E-state index < -0.39 is 0 Å². The van der Waals surface area contributed by atoms with Crippen molar-refractivity contribution >= 4 is 27.5 Å². The number of aryl methyl sites for hydroxylation is 1. The summed E-state index contributed by atoms with van der Waals surface area (Å²) in [5, 5.41) is 2.84. The van der Waals surface area contributed by atoms with Crippen LogP contribution >= 0.6 is 15.9 Å². The number of rotatable bonds is 3. The molecular weight excluding hydrogens is 308 g/mol. The number of halogens is 1. The van der Waals surface area contributed by atoms with Crippen LogP contribution in [0.1, 0.15) is 15.9 Å². The fourth-order valence-electron chi connectivity index (χ4n) is 1.65. The minimum absolute atomic E-state index is 0.253. The van der Waals surface area contributed by atoms with Crippen LogP contribution in [0.4, 0.5) is 5.69 Å². The molecule has 1 aromatic heterocycles. The molecule has 0 saturated carbocycles. The highest BCUT2D eigenvalue weighted by Gasteiger charge is 2.14. The largest absolute Gasteiger partial charge is 0.480 e. The average molecular weight is 321 g/mol. The van der Waals surface area contributed by atoms with Crippen molar-refractivity contribution in [1.29, 1.82) is 0 Å². The van der Waals surface area contributed by atoms with Gasteiger partial charge in [0.15, 0.2) is 0 Å². The van der Waals surface area contributed by atoms with Crippen LogP contribution in [0.2, 0.25) is 0 Å². The summed E-state index contributed by atoms with van der Waals surface area (Å²) in [6.45, 7) is 1.97. The van der Waals surface area contributed by atoms with Gasteiger partial charge in [-0.3, -0.25) is 4.79 Å². The van der Waals surface area contributed by atoms with E-state index in [1.807, 2.05) is 25.1 Å². The van der Waals surface area contributed by atoms with Gasteiger partial charge in [-0.2, -0.15) is 0 Å². The Morgan fingerprint density at radius 2 is 2.16 bits per heavy atom. The first-order valence-corrected chi connectivity index (χ1v) is 6.47. The maximum Gasteiger partial charge on any atom is 0.261 e. The molecule has 5 heteroatoms. The molecule has 0 aliphatic carbocycles. The number of amides is 1. The van der Waals surface area contributed by atoms with E-state index in [4.69, 9.17) is 4.74 Å². The predicted octanol–water partition coefficient (Wildman–Crippen LogP) is 3.41. The summed E-state index contributed by atoms with van der Waals surface area (Å²) in [7, 11) is 1.49. The molecule has 0 aliphatic heterocycles. The summed E-state index contributed by atoms with van der Waals surface area (Å²) in [6.07, 6.45) is 1.58. The monoisotopic (exact) mass is 320 g/mol. The number of methoxy groups -OCH3 is 1. The van der Waals surface area contributed by atoms with Crippen LogP contribution in [0.5, 0.6) is 5.88 Å². The number of nitrogens with one attached hydrogen (secondary N) is 1. The maximum absolute atomic E-state index is 12.2. The molecule has 0 saturated heterocycles. The third-order valence-corrected chi connectivity index (χ3v) is 3.27. The molecule has 0 radical (unpaired) electrons. The van der Waals surface area contributed by atoms with Crippen LogP contribution in [-0.2, 0) is 0 Å². The first kappa shape index (κ1) is 13.5. The standard InChI is InChI=1S/C14H13BrN2O2/c1-9-5-6-11(15)12(8-9)17-13(18)10-4-3-7-16-14(10)19-2/h3-8H,1-2H3,(H,17,18). The molecule has 2 aromatic rings. The van der Waals surface area contributed by atoms with Crippen molar-refractivity contribution in [2.24, 2.45) is 0 Å². The molecule has 19 heavy (non-hydrogen) atoms. The van der Waals surface area contributed by atoms with Crippen LogP contribution in [0.3, 0.4) is 0 Å². The molecule has 1 heterocycles. The van der Waals surface area contributed by atoms with Gasteiger partial charge in [-0.1, -0.05) is 6.07 Å². The lowest BCUT2D eigenvalue weighted by molar-refractivity contribution is 0.102. The molecule has 0 fully saturated rings. The Kier molecular flexibility index (Phi) is 4.16. The van der Waals surface area contributed by atoms with Gasteiger partial charge >= 0.3 is 0 Å². The van der Waals surface area contributed by atoms with E-state index >= 15 is 0 Å². The number of carbonyl (C=O) groups is 1. The van der Waals surface area contributed by atoms with Crippen molar-refractivity contribution < 1.29 is 9.53 Å². The van der Waals surface area contributed by atoms with Crippen molar-refractivity contribution in [3.63, 3.8) is 0 Å². The zero-order valence-corrected chi connectivity index (χ0v) is 12.2. The Bertz CT molecular complexity index is 614. The van der Waals surface area contributed by atoms with Gasteiger partial charge in [0.2, 0.25) is 5.88 Å². The number of aromatic nitrogens is 1. The molecule has 0 spiro atoms. The van der Waals surface area contributed by atoms with Gasteiger partial charge in [-0.15, -0.1) is 0 Å². The fraction of sp³-hybridized carbons (Fsp3) is 0.143. The predicted molar refractivity (Wildman–Crippen MR) is 77.6 cm³/mol. The van der Waals surface area contributed by atoms with Crippen molar-refractivity contribution in [3.8, 4) is 5.88 Å². The SMILES string of the molecule is COc1ncccc1C(=O)Nc1cc(C)ccc1Br. The third kappa shape index (κ3) is 3.12. The van der Waals surface area contributed by atoms with Crippen molar-refractivity contribution in [1.82, 2.24) is 4.98 Å². The lowest BCUT2D eigenvalue weighted by Crippen LogP contribution is -2.14. The molecule has 0 aliphatic rings. The Hall–Kier alpha value is -1.88. The number of carbonyl (C=O) groups excluding carboxylic acids is 1. The number of hydrogen-bond donors (Lipinski definition) is 1. The Morgan fingerprint density at radius 1 is 1.37 bits per heavy atom. The maximum atomic E-state index is 12.2. The summed E-state index contributed by atoms with van der Waals surface area (Å²) >= 11 is 3.41. The fourth-order valence-corrected chi connectivity index (χ4v) is 2.00. The van der Waals surface area contributed by atoms with Crippen LogP contribution < -0.4 is 10.1 Å². The van der Waals surface area contributed by atoms with E-state index in [2.05, 4.69) is 26.2 Å². The highest BCUT2D eigenvalue weighted by atomic mass is 79.9. The lowest BCUT2D eigenvalue weighted by Gasteiger charge is -2.10. The number of anilines is 1. The minimum atomic E-state index is -0.253. The summed E-state index contributed by atoms with van der Waals surface area (Å²) in [6, 6.07) is 9.12. The second-order valence-corrected chi connectivity index (χ2v) is 4.85. The van der Waals surface area contributed by atoms with Gasteiger partial charge in [-0.25, -0.2) is 4.98 Å². The van der Waals surface area contributed by atoms with Crippen molar-refractivity contribution in [2.75, 3.05) is 12.4 Å². The number of hydrogen-bond acceptors (Lipinski definition) is 3. The molecule has 0 bridgehead atoms. The number of ether oxygens (including phenoxy) is 1. The zero-order valence-electron chi connectivity index (χ0n) is 10.6. The number of pyridine rings is 1. The second-order valence-electron chi connectivity index (χ2n) is 4.00. The van der Waals surface area contributed by atoms with E-state index in [0.717, 1.165) is 15.7 Å². The highest BCUT2D eigenvalue weighted by molar-refractivity contribution is 9.10. The lowest BCUT2D eigenvalue weighted by atomic mass is 10.2. The molecular formula is C14H13BrN2O2. The highest BCUT2D eigenvalue weighted by Crippen LogP contribution is 2.25. The van der Waals surface area contributed by atoms with E-state index in [1.165, 1.54) is 7.11 Å². The quantitative estimate of drug-likeness (QED) is 0.942. The minimum Gasteiger partial charge on any atom is -0.480 e. The van der Waals surface area contributed by atoms with E-state index in [0.29, 0.717) is 11.4 Å². The van der Waals surface area contributed by atoms with Gasteiger partial charge < -0.3 is 10.1 Å². The van der Waals surface area contributed by atoms with E-state index in [9.17, 15) is 4.79 Å². The normalized spacial score (nSPS) is 10.1. The zero-order chi connectivity index (χ0) is 13.8.